The molecule has 1 N–H and O–H groups in total. The Morgan fingerprint density at radius 1 is 0.867 bits per heavy atom. The molecule has 0 heterocycles. The molecule has 2 aromatic carbocycles. The molecule has 0 atom stereocenters. The topological polar surface area (TPSA) is 12.0 Å². The Balaban J connectivity index is 2.59. The highest BCUT2D eigenvalue weighted by Gasteiger charge is 2.06. The summed E-state index contributed by atoms with van der Waals surface area (Å²) in [4.78, 5) is 0. The van der Waals surface area contributed by atoms with Crippen LogP contribution in [0.2, 0.25) is 5.02 Å². The Morgan fingerprint density at radius 2 is 1.47 bits per heavy atom. The normalized spacial score (nSPS) is 10.0. The lowest BCUT2D eigenvalue weighted by Crippen LogP contribution is -1.87. The molecule has 0 saturated heterocycles. The van der Waals surface area contributed by atoms with E-state index in [4.69, 9.17) is 11.6 Å². The number of halogens is 2. The van der Waals surface area contributed by atoms with E-state index in [0.717, 1.165) is 11.1 Å². The van der Waals surface area contributed by atoms with E-state index in [0.29, 0.717) is 10.7 Å². The largest absolute Gasteiger partial charge is 0.224 e. The molecule has 0 unspecified atom stereocenters. The highest BCUT2D eigenvalue weighted by molar-refractivity contribution is 6.33. The number of nitrogens with one attached hydrogen (secondary N) is 1. The Bertz CT molecular complexity index is 471. The zero-order valence-corrected chi connectivity index (χ0v) is 8.63. The number of anilines is 1. The fourth-order valence-corrected chi connectivity index (χ4v) is 1.72. The Kier molecular flexibility index (Phi) is 2.88. The average molecular weight is 222 g/mol. The van der Waals surface area contributed by atoms with E-state index in [9.17, 15) is 4.48 Å². The summed E-state index contributed by atoms with van der Waals surface area (Å²) < 4.78 is 12.5. The monoisotopic (exact) mass is 221 g/mol. The van der Waals surface area contributed by atoms with Crippen LogP contribution in [-0.4, -0.2) is 0 Å². The molecule has 76 valence electrons. The van der Waals surface area contributed by atoms with Gasteiger partial charge in [-0.25, -0.2) is 5.54 Å². The molecule has 0 bridgehead atoms. The minimum absolute atomic E-state index is 0.422. The SMILES string of the molecule is FNc1ccccc1-c1ccccc1Cl. The minimum Gasteiger partial charge on any atom is -0.224 e. The second-order valence-electron chi connectivity index (χ2n) is 3.12. The molecule has 3 heteroatoms. The Labute approximate surface area is 92.4 Å². The van der Waals surface area contributed by atoms with Crippen LogP contribution in [0.3, 0.4) is 0 Å². The molecule has 0 fully saturated rings. The minimum atomic E-state index is 0.422. The summed E-state index contributed by atoms with van der Waals surface area (Å²) in [6.07, 6.45) is 0. The first-order valence-corrected chi connectivity index (χ1v) is 4.91. The van der Waals surface area contributed by atoms with Crippen LogP contribution in [0.25, 0.3) is 11.1 Å². The first-order chi connectivity index (χ1) is 7.33. The molecule has 15 heavy (non-hydrogen) atoms. The third-order valence-electron chi connectivity index (χ3n) is 2.19. The fourth-order valence-electron chi connectivity index (χ4n) is 1.48. The molecule has 0 aliphatic carbocycles. The lowest BCUT2D eigenvalue weighted by Gasteiger charge is -2.08. The number of benzene rings is 2. The standard InChI is InChI=1S/C12H9ClFN/c13-11-7-3-1-5-9(11)10-6-2-4-8-12(10)15-14/h1-8,15H. The predicted molar refractivity (Wildman–Crippen MR) is 61.6 cm³/mol. The van der Waals surface area contributed by atoms with E-state index < -0.39 is 0 Å². The van der Waals surface area contributed by atoms with Gasteiger partial charge in [0, 0.05) is 16.1 Å². The van der Waals surface area contributed by atoms with Gasteiger partial charge < -0.3 is 0 Å². The maximum atomic E-state index is 12.5. The van der Waals surface area contributed by atoms with E-state index in [-0.39, 0.29) is 0 Å². The number of para-hydroxylation sites is 1. The van der Waals surface area contributed by atoms with Gasteiger partial charge in [-0.1, -0.05) is 48.0 Å². The quantitative estimate of drug-likeness (QED) is 0.746. The van der Waals surface area contributed by atoms with Gasteiger partial charge in [0.15, 0.2) is 0 Å². The van der Waals surface area contributed by atoms with Gasteiger partial charge in [0.05, 0.1) is 5.69 Å². The molecule has 2 rings (SSSR count). The highest BCUT2D eigenvalue weighted by atomic mass is 35.5. The lowest BCUT2D eigenvalue weighted by molar-refractivity contribution is 0.618. The maximum Gasteiger partial charge on any atom is 0.0734 e. The molecular weight excluding hydrogens is 213 g/mol. The summed E-state index contributed by atoms with van der Waals surface area (Å²) in [5, 5.41) is 0.611. The summed E-state index contributed by atoms with van der Waals surface area (Å²) in [5.74, 6) is 0. The zero-order valence-electron chi connectivity index (χ0n) is 7.87. The van der Waals surface area contributed by atoms with E-state index in [1.54, 1.807) is 23.7 Å². The molecule has 0 amide bonds. The van der Waals surface area contributed by atoms with Crippen molar-refractivity contribution in [2.45, 2.75) is 0 Å². The maximum absolute atomic E-state index is 12.5. The first kappa shape index (κ1) is 9.99. The van der Waals surface area contributed by atoms with Crippen LogP contribution in [-0.2, 0) is 0 Å². The van der Waals surface area contributed by atoms with E-state index >= 15 is 0 Å². The van der Waals surface area contributed by atoms with Crippen molar-refractivity contribution in [3.05, 3.63) is 53.6 Å². The van der Waals surface area contributed by atoms with Crippen LogP contribution in [0.1, 0.15) is 0 Å². The molecule has 1 nitrogen and oxygen atoms in total. The first-order valence-electron chi connectivity index (χ1n) is 4.53. The lowest BCUT2D eigenvalue weighted by atomic mass is 10.0. The van der Waals surface area contributed by atoms with Gasteiger partial charge in [0.2, 0.25) is 0 Å². The zero-order chi connectivity index (χ0) is 10.7. The van der Waals surface area contributed by atoms with Crippen LogP contribution in [0, 0.1) is 0 Å². The van der Waals surface area contributed by atoms with Crippen LogP contribution in [0.5, 0.6) is 0 Å². The van der Waals surface area contributed by atoms with Gasteiger partial charge >= 0.3 is 0 Å². The van der Waals surface area contributed by atoms with E-state index in [2.05, 4.69) is 0 Å². The smallest absolute Gasteiger partial charge is 0.0734 e. The molecule has 0 saturated carbocycles. The molecule has 0 radical (unpaired) electrons. The van der Waals surface area contributed by atoms with Crippen LogP contribution in [0.4, 0.5) is 10.2 Å². The summed E-state index contributed by atoms with van der Waals surface area (Å²) in [5.41, 5.74) is 3.66. The number of rotatable bonds is 2. The van der Waals surface area contributed by atoms with Crippen LogP contribution >= 0.6 is 11.6 Å². The second kappa shape index (κ2) is 4.32. The van der Waals surface area contributed by atoms with Crippen LogP contribution < -0.4 is 5.54 Å². The summed E-state index contributed by atoms with van der Waals surface area (Å²) in [7, 11) is 0. The van der Waals surface area contributed by atoms with Gasteiger partial charge in [-0.2, -0.15) is 0 Å². The van der Waals surface area contributed by atoms with Crippen molar-refractivity contribution in [3.8, 4) is 11.1 Å². The second-order valence-corrected chi connectivity index (χ2v) is 3.53. The fraction of sp³-hybridized carbons (Fsp3) is 0. The summed E-state index contributed by atoms with van der Waals surface area (Å²) in [6.45, 7) is 0. The molecule has 0 spiro atoms. The van der Waals surface area contributed by atoms with Gasteiger partial charge in [0.25, 0.3) is 0 Å². The van der Waals surface area contributed by atoms with E-state index in [1.165, 1.54) is 0 Å². The summed E-state index contributed by atoms with van der Waals surface area (Å²) >= 11 is 6.04. The average Bonchev–Trinajstić information content (AvgIpc) is 2.30. The molecule has 0 aliphatic rings. The van der Waals surface area contributed by atoms with Gasteiger partial charge in [-0.15, -0.1) is 4.48 Å². The van der Waals surface area contributed by atoms with Crippen molar-refractivity contribution in [2.75, 3.05) is 5.54 Å². The van der Waals surface area contributed by atoms with Crippen LogP contribution in [0.15, 0.2) is 48.5 Å². The molecular formula is C12H9ClFN. The van der Waals surface area contributed by atoms with Gasteiger partial charge in [0.1, 0.15) is 0 Å². The van der Waals surface area contributed by atoms with Gasteiger partial charge in [-0.3, -0.25) is 0 Å². The van der Waals surface area contributed by atoms with Crippen molar-refractivity contribution in [3.63, 3.8) is 0 Å². The van der Waals surface area contributed by atoms with Crippen molar-refractivity contribution < 1.29 is 4.48 Å². The molecule has 2 aromatic rings. The van der Waals surface area contributed by atoms with E-state index in [1.807, 2.05) is 30.3 Å². The number of hydrogen-bond donors (Lipinski definition) is 1. The Hall–Kier alpha value is -1.54. The Morgan fingerprint density at radius 3 is 2.13 bits per heavy atom. The van der Waals surface area contributed by atoms with Crippen molar-refractivity contribution in [1.82, 2.24) is 0 Å². The van der Waals surface area contributed by atoms with Crippen molar-refractivity contribution >= 4 is 17.3 Å². The number of hydrogen-bond acceptors (Lipinski definition) is 1. The van der Waals surface area contributed by atoms with Gasteiger partial charge in [-0.05, 0) is 12.1 Å². The predicted octanol–water partition coefficient (Wildman–Crippen LogP) is 4.30. The third-order valence-corrected chi connectivity index (χ3v) is 2.52. The highest BCUT2D eigenvalue weighted by Crippen LogP contribution is 2.32. The molecule has 0 aliphatic heterocycles. The third kappa shape index (κ3) is 1.95. The van der Waals surface area contributed by atoms with Crippen molar-refractivity contribution in [2.24, 2.45) is 0 Å². The molecule has 0 aromatic heterocycles. The summed E-state index contributed by atoms with van der Waals surface area (Å²) in [6, 6.07) is 14.5. The van der Waals surface area contributed by atoms with Crippen molar-refractivity contribution in [1.29, 1.82) is 0 Å².